The van der Waals surface area contributed by atoms with E-state index in [1.165, 1.54) is 12.8 Å². The quantitative estimate of drug-likeness (QED) is 0.693. The van der Waals surface area contributed by atoms with Crippen molar-refractivity contribution in [1.82, 2.24) is 0 Å². The Bertz CT molecular complexity index is 155. The number of hydrogen-bond acceptors (Lipinski definition) is 3. The molecular formula is C9H16O3S. The van der Waals surface area contributed by atoms with Gasteiger partial charge in [-0.2, -0.15) is 11.8 Å². The Balaban J connectivity index is 1.95. The molecule has 1 aliphatic rings. The topological polar surface area (TPSA) is 46.5 Å². The normalized spacial score (nSPS) is 22.9. The molecule has 0 saturated carbocycles. The number of rotatable bonds is 5. The summed E-state index contributed by atoms with van der Waals surface area (Å²) in [4.78, 5) is 10.2. The van der Waals surface area contributed by atoms with Gasteiger partial charge in [0.05, 0.1) is 12.5 Å². The fourth-order valence-corrected chi connectivity index (χ4v) is 2.32. The van der Waals surface area contributed by atoms with Crippen molar-refractivity contribution < 1.29 is 14.6 Å². The van der Waals surface area contributed by atoms with Crippen LogP contribution in [0.15, 0.2) is 0 Å². The summed E-state index contributed by atoms with van der Waals surface area (Å²) in [6, 6.07) is 0. The molecule has 1 rings (SSSR count). The lowest BCUT2D eigenvalue weighted by Gasteiger charge is -2.21. The second-order valence-corrected chi connectivity index (χ2v) is 4.36. The maximum absolute atomic E-state index is 10.2. The van der Waals surface area contributed by atoms with Crippen molar-refractivity contribution in [3.05, 3.63) is 0 Å². The van der Waals surface area contributed by atoms with E-state index in [0.29, 0.717) is 11.9 Å². The standard InChI is InChI=1S/C9H16O3S/c10-9(11)4-6-13-7-8-3-1-2-5-12-8/h8H,1-7H2,(H,10,11). The van der Waals surface area contributed by atoms with Crippen molar-refractivity contribution in [2.75, 3.05) is 18.1 Å². The Labute approximate surface area is 82.8 Å². The first-order chi connectivity index (χ1) is 6.29. The van der Waals surface area contributed by atoms with Crippen molar-refractivity contribution in [3.63, 3.8) is 0 Å². The van der Waals surface area contributed by atoms with Crippen LogP contribution < -0.4 is 0 Å². The van der Waals surface area contributed by atoms with E-state index in [2.05, 4.69) is 0 Å². The third-order valence-corrected chi connectivity index (χ3v) is 3.14. The van der Waals surface area contributed by atoms with Crippen molar-refractivity contribution in [1.29, 1.82) is 0 Å². The van der Waals surface area contributed by atoms with E-state index in [1.54, 1.807) is 11.8 Å². The summed E-state index contributed by atoms with van der Waals surface area (Å²) in [5, 5.41) is 8.41. The molecule has 0 bridgehead atoms. The summed E-state index contributed by atoms with van der Waals surface area (Å²) in [6.07, 6.45) is 4.20. The lowest BCUT2D eigenvalue weighted by atomic mass is 10.1. The molecule has 13 heavy (non-hydrogen) atoms. The minimum atomic E-state index is -0.711. The molecule has 1 fully saturated rings. The Morgan fingerprint density at radius 2 is 2.38 bits per heavy atom. The minimum absolute atomic E-state index is 0.261. The molecule has 0 aromatic rings. The summed E-state index contributed by atoms with van der Waals surface area (Å²) < 4.78 is 5.52. The summed E-state index contributed by atoms with van der Waals surface area (Å²) in [5.41, 5.74) is 0. The van der Waals surface area contributed by atoms with Crippen LogP contribution in [0.4, 0.5) is 0 Å². The number of ether oxygens (including phenoxy) is 1. The summed E-state index contributed by atoms with van der Waals surface area (Å²) in [5.74, 6) is 0.944. The second kappa shape index (κ2) is 6.27. The van der Waals surface area contributed by atoms with Gasteiger partial charge < -0.3 is 9.84 Å². The van der Waals surface area contributed by atoms with E-state index in [1.807, 2.05) is 0 Å². The number of carbonyl (C=O) groups is 1. The van der Waals surface area contributed by atoms with Gasteiger partial charge in [-0.25, -0.2) is 0 Å². The van der Waals surface area contributed by atoms with Crippen LogP contribution in [0.2, 0.25) is 0 Å². The molecule has 0 aliphatic carbocycles. The monoisotopic (exact) mass is 204 g/mol. The first-order valence-corrected chi connectivity index (χ1v) is 5.85. The average molecular weight is 204 g/mol. The van der Waals surface area contributed by atoms with E-state index in [0.717, 1.165) is 18.8 Å². The highest BCUT2D eigenvalue weighted by Crippen LogP contribution is 2.17. The second-order valence-electron chi connectivity index (χ2n) is 3.21. The van der Waals surface area contributed by atoms with Gasteiger partial charge in [0.1, 0.15) is 0 Å². The van der Waals surface area contributed by atoms with Crippen molar-refractivity contribution in [2.45, 2.75) is 31.8 Å². The smallest absolute Gasteiger partial charge is 0.304 e. The predicted molar refractivity (Wildman–Crippen MR) is 53.2 cm³/mol. The van der Waals surface area contributed by atoms with E-state index < -0.39 is 5.97 Å². The first kappa shape index (κ1) is 10.9. The highest BCUT2D eigenvalue weighted by molar-refractivity contribution is 7.99. The zero-order valence-corrected chi connectivity index (χ0v) is 8.52. The Kier molecular flexibility index (Phi) is 5.23. The minimum Gasteiger partial charge on any atom is -0.481 e. The molecule has 76 valence electrons. The largest absolute Gasteiger partial charge is 0.481 e. The molecule has 1 aliphatic heterocycles. The molecule has 4 heteroatoms. The molecule has 0 aromatic heterocycles. The highest BCUT2D eigenvalue weighted by atomic mass is 32.2. The van der Waals surface area contributed by atoms with Gasteiger partial charge in [0.2, 0.25) is 0 Å². The molecule has 0 spiro atoms. The van der Waals surface area contributed by atoms with Crippen LogP contribution in [-0.2, 0) is 9.53 Å². The van der Waals surface area contributed by atoms with E-state index in [4.69, 9.17) is 9.84 Å². The number of aliphatic carboxylic acids is 1. The number of carboxylic acids is 1. The van der Waals surface area contributed by atoms with E-state index in [9.17, 15) is 4.79 Å². The van der Waals surface area contributed by atoms with Crippen LogP contribution in [0.1, 0.15) is 25.7 Å². The fraction of sp³-hybridized carbons (Fsp3) is 0.889. The molecule has 1 atom stereocenters. The Hall–Kier alpha value is -0.220. The average Bonchev–Trinajstić information content (AvgIpc) is 2.14. The van der Waals surface area contributed by atoms with Gasteiger partial charge in [0.15, 0.2) is 0 Å². The van der Waals surface area contributed by atoms with Gasteiger partial charge in [-0.1, -0.05) is 0 Å². The molecule has 0 amide bonds. The van der Waals surface area contributed by atoms with E-state index in [-0.39, 0.29) is 6.42 Å². The van der Waals surface area contributed by atoms with Crippen LogP contribution in [0.25, 0.3) is 0 Å². The molecule has 3 nitrogen and oxygen atoms in total. The van der Waals surface area contributed by atoms with Gasteiger partial charge in [-0.3, -0.25) is 4.79 Å². The molecule has 0 aromatic carbocycles. The summed E-state index contributed by atoms with van der Waals surface area (Å²) >= 11 is 1.68. The van der Waals surface area contributed by atoms with Gasteiger partial charge in [-0.05, 0) is 19.3 Å². The third-order valence-electron chi connectivity index (χ3n) is 2.04. The molecule has 1 heterocycles. The fourth-order valence-electron chi connectivity index (χ4n) is 1.31. The predicted octanol–water partition coefficient (Wildman–Crippen LogP) is 1.76. The number of carboxylic acid groups (broad SMARTS) is 1. The molecule has 1 N–H and O–H groups in total. The molecular weight excluding hydrogens is 188 g/mol. The number of thioether (sulfide) groups is 1. The number of hydrogen-bond donors (Lipinski definition) is 1. The molecule has 1 unspecified atom stereocenters. The zero-order chi connectivity index (χ0) is 9.52. The Morgan fingerprint density at radius 1 is 1.54 bits per heavy atom. The first-order valence-electron chi connectivity index (χ1n) is 4.70. The van der Waals surface area contributed by atoms with Gasteiger partial charge in [-0.15, -0.1) is 0 Å². The molecule has 0 radical (unpaired) electrons. The maximum Gasteiger partial charge on any atom is 0.304 e. The van der Waals surface area contributed by atoms with Gasteiger partial charge in [0.25, 0.3) is 0 Å². The Morgan fingerprint density at radius 3 is 3.00 bits per heavy atom. The SMILES string of the molecule is O=C(O)CCSCC1CCCCO1. The van der Waals surface area contributed by atoms with Crippen LogP contribution in [0.5, 0.6) is 0 Å². The van der Waals surface area contributed by atoms with Crippen molar-refractivity contribution in [2.24, 2.45) is 0 Å². The molecule has 1 saturated heterocycles. The lowest BCUT2D eigenvalue weighted by Crippen LogP contribution is -2.21. The van der Waals surface area contributed by atoms with E-state index >= 15 is 0 Å². The summed E-state index contributed by atoms with van der Waals surface area (Å²) in [7, 11) is 0. The maximum atomic E-state index is 10.2. The van der Waals surface area contributed by atoms with Crippen LogP contribution in [0.3, 0.4) is 0 Å². The van der Waals surface area contributed by atoms with Gasteiger partial charge >= 0.3 is 5.97 Å². The van der Waals surface area contributed by atoms with Crippen LogP contribution in [-0.4, -0.2) is 35.3 Å². The van der Waals surface area contributed by atoms with Crippen LogP contribution in [0, 0.1) is 0 Å². The van der Waals surface area contributed by atoms with Crippen LogP contribution >= 0.6 is 11.8 Å². The van der Waals surface area contributed by atoms with Crippen molar-refractivity contribution >= 4 is 17.7 Å². The summed E-state index contributed by atoms with van der Waals surface area (Å²) in [6.45, 7) is 0.879. The third kappa shape index (κ3) is 5.16. The highest BCUT2D eigenvalue weighted by Gasteiger charge is 2.13. The zero-order valence-electron chi connectivity index (χ0n) is 7.70. The van der Waals surface area contributed by atoms with Crippen molar-refractivity contribution in [3.8, 4) is 0 Å². The lowest BCUT2D eigenvalue weighted by molar-refractivity contribution is -0.136. The van der Waals surface area contributed by atoms with Gasteiger partial charge in [0, 0.05) is 18.1 Å².